The highest BCUT2D eigenvalue weighted by Gasteiger charge is 2.29. The quantitative estimate of drug-likeness (QED) is 0.360. The lowest BCUT2D eigenvalue weighted by Crippen LogP contribution is -2.37. The van der Waals surface area contributed by atoms with Crippen LogP contribution in [-0.4, -0.2) is 26.7 Å². The molecule has 2 aromatic rings. The summed E-state index contributed by atoms with van der Waals surface area (Å²) < 4.78 is 42.8. The minimum atomic E-state index is -4.30. The average molecular weight is 493 g/mol. The zero-order chi connectivity index (χ0) is 19.0. The molecule has 0 aliphatic carbocycles. The number of rotatable bonds is 6. The molecule has 0 aliphatic rings. The zero-order valence-corrected chi connectivity index (χ0v) is 17.5. The second-order valence-corrected chi connectivity index (χ2v) is 5.65. The fourth-order valence-electron chi connectivity index (χ4n) is 2.34. The number of alkyl halides is 3. The maximum atomic E-state index is 12.5. The number of hydrogen-bond acceptors (Lipinski definition) is 2. The lowest BCUT2D eigenvalue weighted by Gasteiger charge is -2.12. The zero-order valence-electron chi connectivity index (χ0n) is 15.1. The minimum Gasteiger partial charge on any atom is -0.497 e. The van der Waals surface area contributed by atoms with Gasteiger partial charge in [0.15, 0.2) is 5.96 Å². The van der Waals surface area contributed by atoms with E-state index < -0.39 is 11.7 Å². The van der Waals surface area contributed by atoms with Crippen LogP contribution in [0.5, 0.6) is 5.75 Å². The van der Waals surface area contributed by atoms with Crippen molar-refractivity contribution in [2.24, 2.45) is 4.99 Å². The van der Waals surface area contributed by atoms with Crippen LogP contribution >= 0.6 is 24.0 Å². The molecule has 0 fully saturated rings. The maximum Gasteiger partial charge on any atom is 0.416 e. The van der Waals surface area contributed by atoms with Crippen LogP contribution in [0.3, 0.4) is 0 Å². The molecule has 0 saturated heterocycles. The van der Waals surface area contributed by atoms with Crippen molar-refractivity contribution in [1.29, 1.82) is 0 Å². The summed E-state index contributed by atoms with van der Waals surface area (Å²) in [5, 5.41) is 6.34. The van der Waals surface area contributed by atoms with Gasteiger partial charge in [-0.15, -0.1) is 24.0 Å². The van der Waals surface area contributed by atoms with Crippen LogP contribution in [0.15, 0.2) is 53.5 Å². The summed E-state index contributed by atoms with van der Waals surface area (Å²) >= 11 is 0. The van der Waals surface area contributed by atoms with Crippen LogP contribution < -0.4 is 15.4 Å². The van der Waals surface area contributed by atoms with Gasteiger partial charge in [-0.25, -0.2) is 0 Å². The SMILES string of the molecule is CN=C(NCCc1ccc(C(F)(F)F)cc1)NCc1ccc(OC)cc1.I. The largest absolute Gasteiger partial charge is 0.497 e. The molecule has 0 unspecified atom stereocenters. The second-order valence-electron chi connectivity index (χ2n) is 5.65. The monoisotopic (exact) mass is 493 g/mol. The Morgan fingerprint density at radius 3 is 2.07 bits per heavy atom. The van der Waals surface area contributed by atoms with E-state index in [1.165, 1.54) is 12.1 Å². The number of benzene rings is 2. The summed E-state index contributed by atoms with van der Waals surface area (Å²) in [6.07, 6.45) is -3.70. The summed E-state index contributed by atoms with van der Waals surface area (Å²) in [5.41, 5.74) is 1.28. The summed E-state index contributed by atoms with van der Waals surface area (Å²) in [6, 6.07) is 12.9. The molecule has 8 heteroatoms. The highest BCUT2D eigenvalue weighted by molar-refractivity contribution is 14.0. The van der Waals surface area contributed by atoms with Crippen LogP contribution in [0.25, 0.3) is 0 Å². The van der Waals surface area contributed by atoms with E-state index in [2.05, 4.69) is 15.6 Å². The lowest BCUT2D eigenvalue weighted by atomic mass is 10.1. The minimum absolute atomic E-state index is 0. The van der Waals surface area contributed by atoms with Gasteiger partial charge in [-0.2, -0.15) is 13.2 Å². The van der Waals surface area contributed by atoms with Gasteiger partial charge in [-0.05, 0) is 41.8 Å². The van der Waals surface area contributed by atoms with Gasteiger partial charge in [-0.3, -0.25) is 4.99 Å². The Morgan fingerprint density at radius 1 is 0.963 bits per heavy atom. The molecule has 0 heterocycles. The third kappa shape index (κ3) is 7.66. The van der Waals surface area contributed by atoms with Crippen molar-refractivity contribution in [3.63, 3.8) is 0 Å². The molecular weight excluding hydrogens is 470 g/mol. The van der Waals surface area contributed by atoms with Crippen molar-refractivity contribution in [2.45, 2.75) is 19.1 Å². The first kappa shape index (κ1) is 23.1. The topological polar surface area (TPSA) is 45.7 Å². The molecule has 0 spiro atoms. The Hall–Kier alpha value is -1.97. The van der Waals surface area contributed by atoms with Crippen LogP contribution in [0.2, 0.25) is 0 Å². The first-order valence-electron chi connectivity index (χ1n) is 8.16. The molecule has 4 nitrogen and oxygen atoms in total. The number of hydrogen-bond donors (Lipinski definition) is 2. The molecule has 0 atom stereocenters. The van der Waals surface area contributed by atoms with Crippen molar-refractivity contribution in [3.05, 3.63) is 65.2 Å². The van der Waals surface area contributed by atoms with Crippen LogP contribution in [0.1, 0.15) is 16.7 Å². The Morgan fingerprint density at radius 2 is 1.56 bits per heavy atom. The van der Waals surface area contributed by atoms with Crippen molar-refractivity contribution < 1.29 is 17.9 Å². The number of guanidine groups is 1. The molecule has 2 rings (SSSR count). The average Bonchev–Trinajstić information content (AvgIpc) is 2.64. The molecule has 2 aromatic carbocycles. The third-order valence-corrected chi connectivity index (χ3v) is 3.83. The lowest BCUT2D eigenvalue weighted by molar-refractivity contribution is -0.137. The van der Waals surface area contributed by atoms with Crippen LogP contribution in [-0.2, 0) is 19.1 Å². The molecule has 0 amide bonds. The molecule has 0 saturated carbocycles. The summed E-state index contributed by atoms with van der Waals surface area (Å²) in [4.78, 5) is 4.14. The summed E-state index contributed by atoms with van der Waals surface area (Å²) in [5.74, 6) is 1.43. The maximum absolute atomic E-state index is 12.5. The van der Waals surface area contributed by atoms with E-state index in [-0.39, 0.29) is 24.0 Å². The first-order valence-corrected chi connectivity index (χ1v) is 8.16. The Kier molecular flexibility index (Phi) is 9.40. The second kappa shape index (κ2) is 11.0. The Labute approximate surface area is 174 Å². The highest BCUT2D eigenvalue weighted by Crippen LogP contribution is 2.29. The number of nitrogens with one attached hydrogen (secondary N) is 2. The van der Waals surface area contributed by atoms with E-state index in [4.69, 9.17) is 4.74 Å². The number of aliphatic imine (C=N–C) groups is 1. The van der Waals surface area contributed by atoms with Gasteiger partial charge in [0.25, 0.3) is 0 Å². The fraction of sp³-hybridized carbons (Fsp3) is 0.316. The van der Waals surface area contributed by atoms with Gasteiger partial charge in [-0.1, -0.05) is 24.3 Å². The molecule has 0 aromatic heterocycles. The molecular formula is C19H23F3IN3O. The predicted molar refractivity (Wildman–Crippen MR) is 112 cm³/mol. The summed E-state index contributed by atoms with van der Waals surface area (Å²) in [6.45, 7) is 1.16. The molecule has 27 heavy (non-hydrogen) atoms. The molecule has 0 bridgehead atoms. The van der Waals surface area contributed by atoms with Gasteiger partial charge < -0.3 is 15.4 Å². The highest BCUT2D eigenvalue weighted by atomic mass is 127. The van der Waals surface area contributed by atoms with Gasteiger partial charge in [0.1, 0.15) is 5.75 Å². The van der Waals surface area contributed by atoms with Gasteiger partial charge in [0.2, 0.25) is 0 Å². The predicted octanol–water partition coefficient (Wildman–Crippen LogP) is 4.24. The van der Waals surface area contributed by atoms with Gasteiger partial charge in [0, 0.05) is 20.1 Å². The van der Waals surface area contributed by atoms with Gasteiger partial charge in [0.05, 0.1) is 12.7 Å². The van der Waals surface area contributed by atoms with E-state index in [0.29, 0.717) is 25.5 Å². The van der Waals surface area contributed by atoms with Crippen molar-refractivity contribution in [3.8, 4) is 5.75 Å². The van der Waals surface area contributed by atoms with E-state index in [1.807, 2.05) is 24.3 Å². The van der Waals surface area contributed by atoms with Crippen LogP contribution in [0, 0.1) is 0 Å². The van der Waals surface area contributed by atoms with E-state index >= 15 is 0 Å². The van der Waals surface area contributed by atoms with Crippen molar-refractivity contribution >= 4 is 29.9 Å². The third-order valence-electron chi connectivity index (χ3n) is 3.83. The first-order chi connectivity index (χ1) is 12.4. The van der Waals surface area contributed by atoms with Crippen molar-refractivity contribution in [2.75, 3.05) is 20.7 Å². The molecule has 148 valence electrons. The fourth-order valence-corrected chi connectivity index (χ4v) is 2.34. The normalized spacial score (nSPS) is 11.5. The van der Waals surface area contributed by atoms with E-state index in [0.717, 1.165) is 29.0 Å². The smallest absolute Gasteiger partial charge is 0.416 e. The Bertz CT molecular complexity index is 716. The Balaban J connectivity index is 0.00000364. The molecule has 0 aliphatic heterocycles. The summed E-state index contributed by atoms with van der Waals surface area (Å²) in [7, 11) is 3.29. The molecule has 0 radical (unpaired) electrons. The van der Waals surface area contributed by atoms with E-state index in [9.17, 15) is 13.2 Å². The standard InChI is InChI=1S/C19H22F3N3O.HI/c1-23-18(25-13-15-5-9-17(26-2)10-6-15)24-12-11-14-3-7-16(8-4-14)19(20,21)22;/h3-10H,11-13H2,1-2H3,(H2,23,24,25);1H. The van der Waals surface area contributed by atoms with E-state index in [1.54, 1.807) is 14.2 Å². The number of halogens is 4. The van der Waals surface area contributed by atoms with Crippen LogP contribution in [0.4, 0.5) is 13.2 Å². The van der Waals surface area contributed by atoms with Gasteiger partial charge >= 0.3 is 6.18 Å². The number of ether oxygens (including phenoxy) is 1. The number of methoxy groups -OCH3 is 1. The number of nitrogens with zero attached hydrogens (tertiary/aromatic N) is 1. The molecule has 2 N–H and O–H groups in total. The van der Waals surface area contributed by atoms with Crippen molar-refractivity contribution in [1.82, 2.24) is 10.6 Å².